The van der Waals surface area contributed by atoms with Crippen LogP contribution in [-0.4, -0.2) is 5.78 Å². The van der Waals surface area contributed by atoms with Crippen LogP contribution in [0.1, 0.15) is 78.6 Å². The van der Waals surface area contributed by atoms with Gasteiger partial charge in [-0.3, -0.25) is 4.79 Å². The Labute approximate surface area is 142 Å². The Morgan fingerprint density at radius 1 is 1.04 bits per heavy atom. The zero-order chi connectivity index (χ0) is 16.4. The summed E-state index contributed by atoms with van der Waals surface area (Å²) in [5.74, 6) is 3.95. The molecule has 4 aliphatic rings. The topological polar surface area (TPSA) is 17.1 Å². The zero-order valence-electron chi connectivity index (χ0n) is 15.4. The third-order valence-corrected chi connectivity index (χ3v) is 8.99. The Morgan fingerprint density at radius 3 is 2.57 bits per heavy atom. The van der Waals surface area contributed by atoms with Gasteiger partial charge < -0.3 is 0 Å². The van der Waals surface area contributed by atoms with Gasteiger partial charge in [-0.15, -0.1) is 0 Å². The fraction of sp³-hybridized carbons (Fsp3) is 0.864. The smallest absolute Gasteiger partial charge is 0.133 e. The van der Waals surface area contributed by atoms with Gasteiger partial charge in [0, 0.05) is 5.92 Å². The van der Waals surface area contributed by atoms with Crippen molar-refractivity contribution in [1.29, 1.82) is 0 Å². The van der Waals surface area contributed by atoms with Crippen molar-refractivity contribution in [2.24, 2.45) is 40.4 Å². The molecule has 0 aliphatic heterocycles. The number of carbonyl (C=O) groups excluding carboxylic acids is 1. The van der Waals surface area contributed by atoms with Gasteiger partial charge in [-0.25, -0.2) is 0 Å². The van der Waals surface area contributed by atoms with Crippen LogP contribution in [-0.2, 0) is 4.79 Å². The molecule has 0 spiro atoms. The van der Waals surface area contributed by atoms with Gasteiger partial charge in [0.15, 0.2) is 0 Å². The summed E-state index contributed by atoms with van der Waals surface area (Å²) in [6.07, 6.45) is 12.2. The molecule has 1 heteroatoms. The molecule has 0 radical (unpaired) electrons. The van der Waals surface area contributed by atoms with Crippen molar-refractivity contribution in [1.82, 2.24) is 0 Å². The summed E-state index contributed by atoms with van der Waals surface area (Å²) >= 11 is 0. The molecule has 4 rings (SSSR count). The molecule has 0 aromatic heterocycles. The molecule has 0 heterocycles. The largest absolute Gasteiger partial charge is 0.300 e. The normalized spacial score (nSPS) is 52.5. The van der Waals surface area contributed by atoms with Crippen LogP contribution in [0.2, 0.25) is 0 Å². The van der Waals surface area contributed by atoms with Crippen LogP contribution in [0.15, 0.2) is 12.2 Å². The van der Waals surface area contributed by atoms with Crippen LogP contribution in [0.3, 0.4) is 0 Å². The monoisotopic (exact) mass is 314 g/mol. The van der Waals surface area contributed by atoms with Crippen molar-refractivity contribution in [2.45, 2.75) is 78.6 Å². The average molecular weight is 315 g/mol. The number of fused-ring (bicyclic) bond motifs is 5. The Bertz CT molecular complexity index is 534. The van der Waals surface area contributed by atoms with Crippen LogP contribution in [0.5, 0.6) is 0 Å². The molecule has 4 fully saturated rings. The fourth-order valence-electron chi connectivity index (χ4n) is 7.92. The van der Waals surface area contributed by atoms with E-state index in [2.05, 4.69) is 20.4 Å². The van der Waals surface area contributed by atoms with Crippen molar-refractivity contribution in [3.05, 3.63) is 12.2 Å². The van der Waals surface area contributed by atoms with E-state index >= 15 is 0 Å². The third-order valence-electron chi connectivity index (χ3n) is 8.99. The average Bonchev–Trinajstić information content (AvgIpc) is 2.78. The van der Waals surface area contributed by atoms with Crippen molar-refractivity contribution in [3.63, 3.8) is 0 Å². The van der Waals surface area contributed by atoms with Crippen LogP contribution in [0.4, 0.5) is 0 Å². The number of Topliss-reactive ketones (excluding diaryl/α,β-unsaturated/α-hetero) is 1. The van der Waals surface area contributed by atoms with E-state index in [9.17, 15) is 4.79 Å². The first-order chi connectivity index (χ1) is 10.9. The molecule has 0 bridgehead atoms. The number of allylic oxidation sites excluding steroid dienone is 1. The molecule has 0 amide bonds. The molecule has 0 N–H and O–H groups in total. The van der Waals surface area contributed by atoms with Crippen LogP contribution >= 0.6 is 0 Å². The van der Waals surface area contributed by atoms with Gasteiger partial charge in [0.25, 0.3) is 0 Å². The van der Waals surface area contributed by atoms with E-state index in [1.165, 1.54) is 56.9 Å². The number of hydrogen-bond donors (Lipinski definition) is 0. The molecular weight excluding hydrogens is 280 g/mol. The fourth-order valence-corrected chi connectivity index (χ4v) is 7.92. The summed E-state index contributed by atoms with van der Waals surface area (Å²) in [6.45, 7) is 11.3. The van der Waals surface area contributed by atoms with Crippen molar-refractivity contribution >= 4 is 5.78 Å². The van der Waals surface area contributed by atoms with E-state index in [4.69, 9.17) is 0 Å². The molecule has 128 valence electrons. The van der Waals surface area contributed by atoms with Gasteiger partial charge in [0.2, 0.25) is 0 Å². The SMILES string of the molecule is C=C1C[C@H](C(C)=O)[C@@]2(C)CC[C@H]3[C@@H](CCC4CCCC[C@@]43C)[C@H]12. The van der Waals surface area contributed by atoms with Crippen LogP contribution < -0.4 is 0 Å². The predicted molar refractivity (Wildman–Crippen MR) is 95.0 cm³/mol. The van der Waals surface area contributed by atoms with Gasteiger partial charge in [0.05, 0.1) is 0 Å². The number of hydrogen-bond acceptors (Lipinski definition) is 1. The maximum Gasteiger partial charge on any atom is 0.133 e. The van der Waals surface area contributed by atoms with Gasteiger partial charge in [0.1, 0.15) is 5.78 Å². The Morgan fingerprint density at radius 2 is 1.83 bits per heavy atom. The minimum Gasteiger partial charge on any atom is -0.300 e. The predicted octanol–water partition coefficient (Wildman–Crippen LogP) is 5.79. The second-order valence-electron chi connectivity index (χ2n) is 9.84. The van der Waals surface area contributed by atoms with E-state index < -0.39 is 0 Å². The van der Waals surface area contributed by atoms with Gasteiger partial charge in [-0.05, 0) is 86.4 Å². The van der Waals surface area contributed by atoms with E-state index in [-0.39, 0.29) is 11.3 Å². The molecule has 7 atom stereocenters. The van der Waals surface area contributed by atoms with E-state index in [1.807, 2.05) is 6.92 Å². The Kier molecular flexibility index (Phi) is 3.60. The van der Waals surface area contributed by atoms with Crippen molar-refractivity contribution in [2.75, 3.05) is 0 Å². The second kappa shape index (κ2) is 5.20. The highest BCUT2D eigenvalue weighted by molar-refractivity contribution is 5.80. The summed E-state index contributed by atoms with van der Waals surface area (Å²) in [5, 5.41) is 0. The zero-order valence-corrected chi connectivity index (χ0v) is 15.4. The molecule has 0 saturated heterocycles. The van der Waals surface area contributed by atoms with Gasteiger partial charge >= 0.3 is 0 Å². The quantitative estimate of drug-likeness (QED) is 0.560. The maximum atomic E-state index is 12.3. The first kappa shape index (κ1) is 15.9. The first-order valence-corrected chi connectivity index (χ1v) is 10.1. The van der Waals surface area contributed by atoms with Crippen LogP contribution in [0, 0.1) is 40.4 Å². The molecule has 0 aromatic rings. The molecule has 1 unspecified atom stereocenters. The summed E-state index contributed by atoms with van der Waals surface area (Å²) in [5.41, 5.74) is 2.21. The van der Waals surface area contributed by atoms with E-state index in [1.54, 1.807) is 0 Å². The number of ketones is 1. The molecule has 23 heavy (non-hydrogen) atoms. The molecular formula is C22H34O. The van der Waals surface area contributed by atoms with Gasteiger partial charge in [-0.2, -0.15) is 0 Å². The van der Waals surface area contributed by atoms with Crippen molar-refractivity contribution < 1.29 is 4.79 Å². The standard InChI is InChI=1S/C22H34O/c1-14-13-19(15(2)23)22(4)12-10-18-17(20(14)22)9-8-16-7-5-6-11-21(16,18)3/h16-20H,1,5-13H2,2-4H3/t16?,17-,18+,19-,20+,21+,22-/m1/s1. The molecule has 1 nitrogen and oxygen atoms in total. The lowest BCUT2D eigenvalue weighted by atomic mass is 9.44. The van der Waals surface area contributed by atoms with Gasteiger partial charge in [-0.1, -0.05) is 38.8 Å². The lowest BCUT2D eigenvalue weighted by Crippen LogP contribution is -2.53. The summed E-state index contributed by atoms with van der Waals surface area (Å²) in [7, 11) is 0. The highest BCUT2D eigenvalue weighted by Gasteiger charge is 2.61. The first-order valence-electron chi connectivity index (χ1n) is 10.1. The van der Waals surface area contributed by atoms with Crippen molar-refractivity contribution in [3.8, 4) is 0 Å². The Balaban J connectivity index is 1.69. The minimum atomic E-state index is 0.210. The van der Waals surface area contributed by atoms with E-state index in [0.717, 1.165) is 24.2 Å². The third kappa shape index (κ3) is 2.07. The minimum absolute atomic E-state index is 0.210. The summed E-state index contributed by atoms with van der Waals surface area (Å²) < 4.78 is 0. The molecule has 4 saturated carbocycles. The summed E-state index contributed by atoms with van der Waals surface area (Å²) in [6, 6.07) is 0. The molecule has 4 aliphatic carbocycles. The lowest BCUT2D eigenvalue weighted by Gasteiger charge is -2.60. The van der Waals surface area contributed by atoms with Crippen LogP contribution in [0.25, 0.3) is 0 Å². The summed E-state index contributed by atoms with van der Waals surface area (Å²) in [4.78, 5) is 12.3. The highest BCUT2D eigenvalue weighted by atomic mass is 16.1. The number of carbonyl (C=O) groups is 1. The second-order valence-corrected chi connectivity index (χ2v) is 9.84. The van der Waals surface area contributed by atoms with E-state index in [0.29, 0.717) is 17.1 Å². The maximum absolute atomic E-state index is 12.3. The number of rotatable bonds is 1. The Hall–Kier alpha value is -0.590. The lowest BCUT2D eigenvalue weighted by molar-refractivity contribution is -0.132. The highest BCUT2D eigenvalue weighted by Crippen LogP contribution is 2.68. The molecule has 0 aromatic carbocycles.